The smallest absolute Gasteiger partial charge is 0.180 e. The van der Waals surface area contributed by atoms with Gasteiger partial charge in [-0.25, -0.2) is 4.98 Å². The Morgan fingerprint density at radius 3 is 2.93 bits per heavy atom. The maximum absolute atomic E-state index is 11.9. The van der Waals surface area contributed by atoms with E-state index in [0.717, 1.165) is 16.3 Å². The fourth-order valence-corrected chi connectivity index (χ4v) is 2.31. The van der Waals surface area contributed by atoms with Crippen molar-refractivity contribution in [1.82, 2.24) is 9.55 Å². The van der Waals surface area contributed by atoms with Crippen LogP contribution in [-0.4, -0.2) is 15.3 Å². The van der Waals surface area contributed by atoms with Crippen molar-refractivity contribution in [2.45, 2.75) is 13.3 Å². The molecule has 0 aliphatic carbocycles. The van der Waals surface area contributed by atoms with Crippen molar-refractivity contribution >= 4 is 17.1 Å². The van der Waals surface area contributed by atoms with Gasteiger partial charge in [-0.3, -0.25) is 4.79 Å². The molecule has 0 saturated carbocycles. The van der Waals surface area contributed by atoms with Gasteiger partial charge in [-0.2, -0.15) is 0 Å². The average Bonchev–Trinajstić information content (AvgIpc) is 2.76. The molecule has 15 heavy (non-hydrogen) atoms. The first-order chi connectivity index (χ1) is 7.18. The Morgan fingerprint density at radius 1 is 1.60 bits per heavy atom. The van der Waals surface area contributed by atoms with E-state index >= 15 is 0 Å². The van der Waals surface area contributed by atoms with Crippen LogP contribution in [-0.2, 0) is 13.5 Å². The molecule has 0 fully saturated rings. The third kappa shape index (κ3) is 1.99. The lowest BCUT2D eigenvalue weighted by Gasteiger charge is -2.00. The van der Waals surface area contributed by atoms with E-state index in [1.165, 1.54) is 11.3 Å². The quantitative estimate of drug-likeness (QED) is 0.743. The highest BCUT2D eigenvalue weighted by Crippen LogP contribution is 2.17. The van der Waals surface area contributed by atoms with E-state index in [2.05, 4.69) is 4.98 Å². The molecule has 2 heterocycles. The van der Waals surface area contributed by atoms with Crippen LogP contribution in [0.1, 0.15) is 21.1 Å². The van der Waals surface area contributed by atoms with E-state index in [9.17, 15) is 4.79 Å². The third-order valence-corrected chi connectivity index (χ3v) is 3.41. The standard InChI is InChI=1S/C11H12N2OS/c1-8-3-6-15-11(8)9(14)7-10-12-4-5-13(10)2/h3-6H,7H2,1-2H3. The zero-order valence-corrected chi connectivity index (χ0v) is 9.54. The Morgan fingerprint density at radius 2 is 2.40 bits per heavy atom. The molecule has 0 N–H and O–H groups in total. The number of aryl methyl sites for hydroxylation is 2. The monoisotopic (exact) mass is 220 g/mol. The summed E-state index contributed by atoms with van der Waals surface area (Å²) in [5.41, 5.74) is 1.05. The van der Waals surface area contributed by atoms with E-state index in [1.807, 2.05) is 36.2 Å². The van der Waals surface area contributed by atoms with Crippen LogP contribution >= 0.6 is 11.3 Å². The Hall–Kier alpha value is -1.42. The predicted octanol–water partition coefficient (Wildman–Crippen LogP) is 2.22. The molecular formula is C11H12N2OS. The van der Waals surface area contributed by atoms with E-state index in [1.54, 1.807) is 6.20 Å². The number of ketones is 1. The van der Waals surface area contributed by atoms with Gasteiger partial charge in [0.2, 0.25) is 0 Å². The number of Topliss-reactive ketones (excluding diaryl/α,β-unsaturated/α-hetero) is 1. The molecule has 0 spiro atoms. The van der Waals surface area contributed by atoms with Crippen molar-refractivity contribution in [3.8, 4) is 0 Å². The third-order valence-electron chi connectivity index (χ3n) is 2.35. The van der Waals surface area contributed by atoms with Crippen molar-refractivity contribution in [2.75, 3.05) is 0 Å². The molecule has 0 atom stereocenters. The van der Waals surface area contributed by atoms with Gasteiger partial charge < -0.3 is 4.57 Å². The van der Waals surface area contributed by atoms with Crippen LogP contribution in [0.3, 0.4) is 0 Å². The molecule has 4 heteroatoms. The van der Waals surface area contributed by atoms with Crippen molar-refractivity contribution in [3.05, 3.63) is 40.1 Å². The number of carbonyl (C=O) groups excluding carboxylic acids is 1. The zero-order valence-electron chi connectivity index (χ0n) is 8.73. The lowest BCUT2D eigenvalue weighted by molar-refractivity contribution is 0.0993. The van der Waals surface area contributed by atoms with Crippen molar-refractivity contribution < 1.29 is 4.79 Å². The summed E-state index contributed by atoms with van der Waals surface area (Å²) in [6.07, 6.45) is 3.94. The molecule has 0 amide bonds. The van der Waals surface area contributed by atoms with Gasteiger partial charge >= 0.3 is 0 Å². The molecule has 0 saturated heterocycles. The summed E-state index contributed by atoms with van der Waals surface area (Å²) in [5.74, 6) is 0.963. The molecule has 0 radical (unpaired) electrons. The Bertz CT molecular complexity index is 484. The van der Waals surface area contributed by atoms with Gasteiger partial charge in [0, 0.05) is 19.4 Å². The topological polar surface area (TPSA) is 34.9 Å². The SMILES string of the molecule is Cc1ccsc1C(=O)Cc1nccn1C. The number of aromatic nitrogens is 2. The lowest BCUT2D eigenvalue weighted by atomic mass is 10.2. The van der Waals surface area contributed by atoms with Crippen molar-refractivity contribution in [1.29, 1.82) is 0 Å². The summed E-state index contributed by atoms with van der Waals surface area (Å²) in [6, 6.07) is 1.97. The molecular weight excluding hydrogens is 208 g/mol. The van der Waals surface area contributed by atoms with Gasteiger partial charge in [0.1, 0.15) is 5.82 Å². The van der Waals surface area contributed by atoms with Crippen molar-refractivity contribution in [3.63, 3.8) is 0 Å². The predicted molar refractivity (Wildman–Crippen MR) is 60.3 cm³/mol. The first kappa shape index (κ1) is 10.1. The van der Waals surface area contributed by atoms with E-state index in [-0.39, 0.29) is 5.78 Å². The summed E-state index contributed by atoms with van der Waals surface area (Å²) >= 11 is 1.50. The number of rotatable bonds is 3. The van der Waals surface area contributed by atoms with Crippen LogP contribution in [0.25, 0.3) is 0 Å². The van der Waals surface area contributed by atoms with E-state index < -0.39 is 0 Å². The van der Waals surface area contributed by atoms with E-state index in [0.29, 0.717) is 6.42 Å². The number of carbonyl (C=O) groups is 1. The van der Waals surface area contributed by atoms with Gasteiger partial charge in [-0.05, 0) is 23.9 Å². The number of imidazole rings is 1. The first-order valence-corrected chi connectivity index (χ1v) is 5.60. The van der Waals surface area contributed by atoms with Crippen LogP contribution in [0.5, 0.6) is 0 Å². The summed E-state index contributed by atoms with van der Waals surface area (Å²) in [4.78, 5) is 16.9. The largest absolute Gasteiger partial charge is 0.338 e. The number of nitrogens with zero attached hydrogens (tertiary/aromatic N) is 2. The summed E-state index contributed by atoms with van der Waals surface area (Å²) in [7, 11) is 1.90. The molecule has 78 valence electrons. The molecule has 0 aliphatic rings. The van der Waals surface area contributed by atoms with Gasteiger partial charge in [0.15, 0.2) is 5.78 Å². The van der Waals surface area contributed by atoms with Crippen LogP contribution in [0.2, 0.25) is 0 Å². The second-order valence-corrected chi connectivity index (χ2v) is 4.40. The van der Waals surface area contributed by atoms with Crippen LogP contribution in [0.15, 0.2) is 23.8 Å². The minimum absolute atomic E-state index is 0.150. The molecule has 0 aliphatic heterocycles. The first-order valence-electron chi connectivity index (χ1n) is 4.72. The molecule has 0 unspecified atom stereocenters. The van der Waals surface area contributed by atoms with Gasteiger partial charge in [0.25, 0.3) is 0 Å². The maximum Gasteiger partial charge on any atom is 0.180 e. The minimum atomic E-state index is 0.150. The molecule has 3 nitrogen and oxygen atoms in total. The minimum Gasteiger partial charge on any atom is -0.338 e. The Balaban J connectivity index is 2.18. The molecule has 2 aromatic heterocycles. The molecule has 2 aromatic rings. The van der Waals surface area contributed by atoms with Gasteiger partial charge in [-0.1, -0.05) is 0 Å². The highest BCUT2D eigenvalue weighted by atomic mass is 32.1. The molecule has 0 bridgehead atoms. The van der Waals surface area contributed by atoms with Crippen molar-refractivity contribution in [2.24, 2.45) is 7.05 Å². The fraction of sp³-hybridized carbons (Fsp3) is 0.273. The van der Waals surface area contributed by atoms with Gasteiger partial charge in [0.05, 0.1) is 11.3 Å². The number of hydrogen-bond acceptors (Lipinski definition) is 3. The van der Waals surface area contributed by atoms with Crippen LogP contribution in [0.4, 0.5) is 0 Å². The highest BCUT2D eigenvalue weighted by molar-refractivity contribution is 7.12. The van der Waals surface area contributed by atoms with Gasteiger partial charge in [-0.15, -0.1) is 11.3 Å². The summed E-state index contributed by atoms with van der Waals surface area (Å²) in [5, 5.41) is 1.95. The average molecular weight is 220 g/mol. The molecule has 2 rings (SSSR count). The summed E-state index contributed by atoms with van der Waals surface area (Å²) < 4.78 is 1.88. The molecule has 0 aromatic carbocycles. The zero-order chi connectivity index (χ0) is 10.8. The normalized spacial score (nSPS) is 10.5. The van der Waals surface area contributed by atoms with Crippen LogP contribution in [0, 0.1) is 6.92 Å². The maximum atomic E-state index is 11.9. The second kappa shape index (κ2) is 3.98. The Labute approximate surface area is 92.4 Å². The number of thiophene rings is 1. The van der Waals surface area contributed by atoms with E-state index in [4.69, 9.17) is 0 Å². The second-order valence-electron chi connectivity index (χ2n) is 3.49. The number of hydrogen-bond donors (Lipinski definition) is 0. The Kier molecular flexibility index (Phi) is 2.68. The fourth-order valence-electron chi connectivity index (χ4n) is 1.45. The summed E-state index contributed by atoms with van der Waals surface area (Å²) in [6.45, 7) is 1.96. The lowest BCUT2D eigenvalue weighted by Crippen LogP contribution is -2.07. The van der Waals surface area contributed by atoms with Crippen LogP contribution < -0.4 is 0 Å². The highest BCUT2D eigenvalue weighted by Gasteiger charge is 2.13.